The van der Waals surface area contributed by atoms with Gasteiger partial charge in [-0.3, -0.25) is 0 Å². The van der Waals surface area contributed by atoms with Crippen molar-refractivity contribution in [3.8, 4) is 6.07 Å². The van der Waals surface area contributed by atoms with Crippen LogP contribution in [-0.2, 0) is 17.5 Å². The zero-order valence-corrected chi connectivity index (χ0v) is 16.9. The van der Waals surface area contributed by atoms with Gasteiger partial charge >= 0.3 is 6.18 Å². The van der Waals surface area contributed by atoms with Crippen LogP contribution in [0.1, 0.15) is 23.1 Å². The highest BCUT2D eigenvalue weighted by Crippen LogP contribution is 2.35. The Morgan fingerprint density at radius 2 is 1.97 bits per heavy atom. The summed E-state index contributed by atoms with van der Waals surface area (Å²) in [6.45, 7) is 0.191. The number of anilines is 1. The molecule has 0 heterocycles. The Labute approximate surface area is 176 Å². The molecule has 0 saturated heterocycles. The van der Waals surface area contributed by atoms with E-state index in [1.54, 1.807) is 18.0 Å². The Balaban J connectivity index is 2.57. The van der Waals surface area contributed by atoms with E-state index in [9.17, 15) is 18.0 Å². The monoisotopic (exact) mass is 443 g/mol. The van der Waals surface area contributed by atoms with Crippen molar-refractivity contribution in [3.63, 3.8) is 0 Å². The van der Waals surface area contributed by atoms with Crippen LogP contribution < -0.4 is 10.2 Å². The standard InChI is InChI=1S/C20H18Cl2F3N3O/c1-27-11-17(6-7-29)28(16-4-2-13(10-26)19(22)9-16)12-14-8-15(21)3-5-18(14)20(23,24)25/h2-5,7-9,17,27H,6,11-12H2,1H3/t17-/m0/s1. The second-order valence-corrected chi connectivity index (χ2v) is 7.16. The van der Waals surface area contributed by atoms with Crippen LogP contribution in [-0.4, -0.2) is 25.9 Å². The third-order valence-corrected chi connectivity index (χ3v) is 4.91. The van der Waals surface area contributed by atoms with E-state index < -0.39 is 17.8 Å². The summed E-state index contributed by atoms with van der Waals surface area (Å²) in [6, 6.07) is 9.48. The Hall–Kier alpha value is -2.27. The summed E-state index contributed by atoms with van der Waals surface area (Å²) >= 11 is 12.1. The van der Waals surface area contributed by atoms with Crippen LogP contribution in [0.25, 0.3) is 0 Å². The van der Waals surface area contributed by atoms with Crippen LogP contribution in [0.5, 0.6) is 0 Å². The number of hydrogen-bond acceptors (Lipinski definition) is 4. The predicted molar refractivity (Wildman–Crippen MR) is 107 cm³/mol. The first kappa shape index (κ1) is 23.0. The fourth-order valence-corrected chi connectivity index (χ4v) is 3.44. The van der Waals surface area contributed by atoms with Crippen LogP contribution in [0.3, 0.4) is 0 Å². The summed E-state index contributed by atoms with van der Waals surface area (Å²) in [5, 5.41) is 12.4. The molecule has 2 aromatic rings. The second-order valence-electron chi connectivity index (χ2n) is 6.32. The van der Waals surface area contributed by atoms with Crippen LogP contribution in [0.4, 0.5) is 18.9 Å². The van der Waals surface area contributed by atoms with Crippen molar-refractivity contribution in [2.24, 2.45) is 0 Å². The van der Waals surface area contributed by atoms with Crippen molar-refractivity contribution in [1.29, 1.82) is 5.26 Å². The molecule has 1 N–H and O–H groups in total. The number of aldehydes is 1. The van der Waals surface area contributed by atoms with Crippen molar-refractivity contribution in [2.45, 2.75) is 25.2 Å². The molecule has 0 amide bonds. The molecule has 0 fully saturated rings. The van der Waals surface area contributed by atoms with Gasteiger partial charge < -0.3 is 15.0 Å². The van der Waals surface area contributed by atoms with Gasteiger partial charge in [-0.05, 0) is 49.0 Å². The average molecular weight is 444 g/mol. The molecule has 0 aliphatic rings. The van der Waals surface area contributed by atoms with Crippen LogP contribution in [0.15, 0.2) is 36.4 Å². The molecule has 0 unspecified atom stereocenters. The van der Waals surface area contributed by atoms with E-state index in [-0.39, 0.29) is 34.1 Å². The Morgan fingerprint density at radius 1 is 1.24 bits per heavy atom. The molecular weight excluding hydrogens is 426 g/mol. The lowest BCUT2D eigenvalue weighted by Gasteiger charge is -2.34. The number of rotatable bonds is 8. The molecule has 0 aromatic heterocycles. The van der Waals surface area contributed by atoms with Crippen molar-refractivity contribution < 1.29 is 18.0 Å². The maximum Gasteiger partial charge on any atom is 0.416 e. The van der Waals surface area contributed by atoms with E-state index in [0.29, 0.717) is 18.5 Å². The molecule has 29 heavy (non-hydrogen) atoms. The van der Waals surface area contributed by atoms with Gasteiger partial charge in [0.2, 0.25) is 0 Å². The zero-order valence-electron chi connectivity index (χ0n) is 15.4. The largest absolute Gasteiger partial charge is 0.416 e. The summed E-state index contributed by atoms with van der Waals surface area (Å²) < 4.78 is 40.5. The first-order valence-corrected chi connectivity index (χ1v) is 9.37. The zero-order chi connectivity index (χ0) is 21.6. The van der Waals surface area contributed by atoms with E-state index >= 15 is 0 Å². The molecule has 9 heteroatoms. The second kappa shape index (κ2) is 9.97. The highest BCUT2D eigenvalue weighted by molar-refractivity contribution is 6.32. The van der Waals surface area contributed by atoms with Crippen molar-refractivity contribution >= 4 is 35.2 Å². The average Bonchev–Trinajstić information content (AvgIpc) is 2.65. The predicted octanol–water partition coefficient (Wildman–Crippen LogP) is 5.07. The number of carbonyl (C=O) groups is 1. The first-order valence-electron chi connectivity index (χ1n) is 8.61. The van der Waals surface area contributed by atoms with Crippen molar-refractivity contribution in [3.05, 3.63) is 63.1 Å². The molecule has 1 atom stereocenters. The number of nitrogens with one attached hydrogen (secondary N) is 1. The first-order chi connectivity index (χ1) is 13.7. The maximum absolute atomic E-state index is 13.5. The minimum absolute atomic E-state index is 0.0301. The molecule has 0 saturated carbocycles. The van der Waals surface area contributed by atoms with Gasteiger partial charge in [0.15, 0.2) is 0 Å². The molecule has 2 aromatic carbocycles. The maximum atomic E-state index is 13.5. The molecule has 0 spiro atoms. The van der Waals surface area contributed by atoms with Crippen LogP contribution >= 0.6 is 23.2 Å². The Bertz CT molecular complexity index is 913. The highest BCUT2D eigenvalue weighted by Gasteiger charge is 2.34. The topological polar surface area (TPSA) is 56.1 Å². The highest BCUT2D eigenvalue weighted by atomic mass is 35.5. The lowest BCUT2D eigenvalue weighted by atomic mass is 10.0. The van der Waals surface area contributed by atoms with Crippen molar-refractivity contribution in [2.75, 3.05) is 18.5 Å². The van der Waals surface area contributed by atoms with Gasteiger partial charge in [0.25, 0.3) is 0 Å². The number of nitriles is 1. The normalized spacial score (nSPS) is 12.3. The summed E-state index contributed by atoms with van der Waals surface area (Å²) in [5.74, 6) is 0. The summed E-state index contributed by atoms with van der Waals surface area (Å²) in [6.07, 6.45) is -3.76. The SMILES string of the molecule is CNC[C@H](CC=O)N(Cc1cc(Cl)ccc1C(F)(F)F)c1ccc(C#N)c(Cl)c1. The lowest BCUT2D eigenvalue weighted by Crippen LogP contribution is -2.42. The summed E-state index contributed by atoms with van der Waals surface area (Å²) in [7, 11) is 1.68. The number of likely N-dealkylation sites (N-methyl/N-ethyl adjacent to an activating group) is 1. The molecule has 4 nitrogen and oxygen atoms in total. The van der Waals surface area contributed by atoms with Gasteiger partial charge in [-0.1, -0.05) is 23.2 Å². The molecule has 154 valence electrons. The number of alkyl halides is 3. The van der Waals surface area contributed by atoms with E-state index in [0.717, 1.165) is 6.07 Å². The molecule has 0 radical (unpaired) electrons. The van der Waals surface area contributed by atoms with E-state index in [4.69, 9.17) is 28.5 Å². The fraction of sp³-hybridized carbons (Fsp3) is 0.300. The quantitative estimate of drug-likeness (QED) is 0.578. The van der Waals surface area contributed by atoms with Crippen LogP contribution in [0.2, 0.25) is 10.0 Å². The third kappa shape index (κ3) is 5.86. The minimum Gasteiger partial charge on any atom is -0.362 e. The van der Waals surface area contributed by atoms with Gasteiger partial charge in [0.1, 0.15) is 12.4 Å². The smallest absolute Gasteiger partial charge is 0.362 e. The Morgan fingerprint density at radius 3 is 2.52 bits per heavy atom. The fourth-order valence-electron chi connectivity index (χ4n) is 3.03. The number of carbonyl (C=O) groups excluding carboxylic acids is 1. The van der Waals surface area contributed by atoms with Gasteiger partial charge in [-0.25, -0.2) is 0 Å². The number of hydrogen-bond donors (Lipinski definition) is 1. The third-order valence-electron chi connectivity index (χ3n) is 4.37. The number of halogens is 5. The van der Waals surface area contributed by atoms with Gasteiger partial charge in [-0.15, -0.1) is 0 Å². The number of nitrogens with zero attached hydrogens (tertiary/aromatic N) is 2. The lowest BCUT2D eigenvalue weighted by molar-refractivity contribution is -0.138. The molecule has 2 rings (SSSR count). The molecule has 0 bridgehead atoms. The van der Waals surface area contributed by atoms with Gasteiger partial charge in [0.05, 0.1) is 16.1 Å². The minimum atomic E-state index is -4.56. The Kier molecular flexibility index (Phi) is 7.91. The van der Waals surface area contributed by atoms with Crippen molar-refractivity contribution in [1.82, 2.24) is 5.32 Å². The van der Waals surface area contributed by atoms with Gasteiger partial charge in [-0.2, -0.15) is 18.4 Å². The molecule has 0 aliphatic carbocycles. The summed E-state index contributed by atoms with van der Waals surface area (Å²) in [4.78, 5) is 12.9. The molecule has 0 aliphatic heterocycles. The van der Waals surface area contributed by atoms with Crippen LogP contribution in [0, 0.1) is 11.3 Å². The van der Waals surface area contributed by atoms with Gasteiger partial charge in [0, 0.05) is 36.3 Å². The summed E-state index contributed by atoms with van der Waals surface area (Å²) in [5.41, 5.74) is -0.0997. The van der Waals surface area contributed by atoms with E-state index in [1.807, 2.05) is 6.07 Å². The van der Waals surface area contributed by atoms with E-state index in [2.05, 4.69) is 5.32 Å². The number of benzene rings is 2. The molecular formula is C20H18Cl2F3N3O. The van der Waals surface area contributed by atoms with E-state index in [1.165, 1.54) is 24.3 Å².